The van der Waals surface area contributed by atoms with Crippen molar-refractivity contribution in [1.29, 1.82) is 0 Å². The van der Waals surface area contributed by atoms with Gasteiger partial charge in [0.1, 0.15) is 0 Å². The second-order valence-electron chi connectivity index (χ2n) is 5.39. The highest BCUT2D eigenvalue weighted by Gasteiger charge is 2.21. The maximum atomic E-state index is 12.6. The zero-order valence-corrected chi connectivity index (χ0v) is 15.9. The molecule has 0 aliphatic rings. The van der Waals surface area contributed by atoms with Gasteiger partial charge in [0, 0.05) is 26.7 Å². The summed E-state index contributed by atoms with van der Waals surface area (Å²) in [6.07, 6.45) is 0. The number of halogens is 4. The van der Waals surface area contributed by atoms with Crippen LogP contribution in [0.1, 0.15) is 10.4 Å². The molecular formula is C20H12Cl4O. The number of benzene rings is 3. The van der Waals surface area contributed by atoms with E-state index < -0.39 is 4.84 Å². The Labute approximate surface area is 166 Å². The predicted molar refractivity (Wildman–Crippen MR) is 107 cm³/mol. The van der Waals surface area contributed by atoms with E-state index >= 15 is 0 Å². The molecule has 5 heteroatoms. The normalized spacial score (nSPS) is 10.9. The van der Waals surface area contributed by atoms with Crippen molar-refractivity contribution < 1.29 is 4.79 Å². The van der Waals surface area contributed by atoms with E-state index in [1.165, 1.54) is 0 Å². The van der Waals surface area contributed by atoms with E-state index in [0.29, 0.717) is 21.2 Å². The fraction of sp³-hybridized carbons (Fsp3) is 0.0500. The van der Waals surface area contributed by atoms with Gasteiger partial charge in [0.25, 0.3) is 0 Å². The van der Waals surface area contributed by atoms with Gasteiger partial charge in [0.2, 0.25) is 0 Å². The molecule has 0 atom stereocenters. The van der Waals surface area contributed by atoms with Crippen molar-refractivity contribution in [2.45, 2.75) is 4.84 Å². The fourth-order valence-electron chi connectivity index (χ4n) is 2.64. The van der Waals surface area contributed by atoms with Crippen molar-refractivity contribution in [2.75, 3.05) is 0 Å². The monoisotopic (exact) mass is 408 g/mol. The largest absolute Gasteiger partial charge is 0.291 e. The summed E-state index contributed by atoms with van der Waals surface area (Å²) in [6.45, 7) is 0. The van der Waals surface area contributed by atoms with Crippen LogP contribution in [0.3, 0.4) is 0 Å². The van der Waals surface area contributed by atoms with E-state index in [9.17, 15) is 4.79 Å². The Balaban J connectivity index is 2.22. The molecule has 0 spiro atoms. The third-order valence-corrected chi connectivity index (χ3v) is 4.89. The minimum Gasteiger partial charge on any atom is -0.291 e. The highest BCUT2D eigenvalue weighted by molar-refractivity contribution is 6.55. The lowest BCUT2D eigenvalue weighted by Crippen LogP contribution is -2.10. The van der Waals surface area contributed by atoms with Crippen molar-refractivity contribution in [3.8, 4) is 22.3 Å². The lowest BCUT2D eigenvalue weighted by molar-refractivity contribution is 0.101. The molecular weight excluding hydrogens is 398 g/mol. The molecule has 0 aliphatic carbocycles. The van der Waals surface area contributed by atoms with Crippen LogP contribution in [0.5, 0.6) is 0 Å². The minimum atomic E-state index is -1.16. The number of hydrogen-bond acceptors (Lipinski definition) is 1. The van der Waals surface area contributed by atoms with Gasteiger partial charge in [-0.25, -0.2) is 0 Å². The van der Waals surface area contributed by atoms with Gasteiger partial charge in [0.05, 0.1) is 0 Å². The number of carbonyl (C=O) groups is 1. The number of hydrogen-bond donors (Lipinski definition) is 0. The number of ketones is 1. The summed E-state index contributed by atoms with van der Waals surface area (Å²) in [6, 6.07) is 20.2. The first kappa shape index (κ1) is 18.3. The Morgan fingerprint density at radius 3 is 1.84 bits per heavy atom. The Morgan fingerprint density at radius 2 is 1.28 bits per heavy atom. The van der Waals surface area contributed by atoms with E-state index in [1.807, 2.05) is 48.5 Å². The molecule has 1 nitrogen and oxygen atoms in total. The van der Waals surface area contributed by atoms with Crippen LogP contribution in [0, 0.1) is 0 Å². The molecule has 0 amide bonds. The molecule has 0 radical (unpaired) electrons. The number of carbonyl (C=O) groups excluding carboxylic acids is 1. The molecule has 0 fully saturated rings. The molecule has 0 bridgehead atoms. The van der Waals surface area contributed by atoms with E-state index in [4.69, 9.17) is 46.4 Å². The molecule has 0 aliphatic heterocycles. The van der Waals surface area contributed by atoms with Crippen LogP contribution in [0.4, 0.5) is 0 Å². The number of alkyl halides is 2. The first-order chi connectivity index (χ1) is 12.0. The topological polar surface area (TPSA) is 17.1 Å². The Hall–Kier alpha value is -1.51. The van der Waals surface area contributed by atoms with Gasteiger partial charge in [-0.15, -0.1) is 0 Å². The fourth-order valence-corrected chi connectivity index (χ4v) is 3.36. The van der Waals surface area contributed by atoms with Crippen LogP contribution in [0.15, 0.2) is 66.7 Å². The van der Waals surface area contributed by atoms with Crippen LogP contribution in [0.2, 0.25) is 10.0 Å². The quantitative estimate of drug-likeness (QED) is 0.326. The molecule has 0 unspecified atom stereocenters. The summed E-state index contributed by atoms with van der Waals surface area (Å²) >= 11 is 24.3. The van der Waals surface area contributed by atoms with Crippen molar-refractivity contribution in [2.24, 2.45) is 0 Å². The van der Waals surface area contributed by atoms with E-state index in [1.54, 1.807) is 18.2 Å². The molecule has 0 N–H and O–H groups in total. The summed E-state index contributed by atoms with van der Waals surface area (Å²) in [5.74, 6) is -0.382. The average molecular weight is 410 g/mol. The van der Waals surface area contributed by atoms with Crippen molar-refractivity contribution in [3.05, 3.63) is 82.3 Å². The van der Waals surface area contributed by atoms with Crippen LogP contribution >= 0.6 is 46.4 Å². The van der Waals surface area contributed by atoms with Gasteiger partial charge in [-0.05, 0) is 29.3 Å². The standard InChI is InChI=1S/C20H12Cl4O/c21-17-7-3-1-5-13(17)12-9-10-14(15-6-2-4-8-18(15)22)16(11-12)19(25)20(23)24/h1-11,20H. The summed E-state index contributed by atoms with van der Waals surface area (Å²) < 4.78 is 0. The Kier molecular flexibility index (Phi) is 5.71. The van der Waals surface area contributed by atoms with Gasteiger partial charge in [0.15, 0.2) is 10.6 Å². The SMILES string of the molecule is O=C(c1cc(-c2ccccc2Cl)ccc1-c1ccccc1Cl)C(Cl)Cl. The summed E-state index contributed by atoms with van der Waals surface area (Å²) in [4.78, 5) is 11.4. The molecule has 3 aromatic rings. The smallest absolute Gasteiger partial charge is 0.196 e. The molecule has 0 saturated heterocycles. The second kappa shape index (κ2) is 7.80. The Bertz CT molecular complexity index is 934. The molecule has 0 saturated carbocycles. The van der Waals surface area contributed by atoms with Crippen molar-refractivity contribution in [1.82, 2.24) is 0 Å². The maximum absolute atomic E-state index is 12.6. The third kappa shape index (κ3) is 3.86. The first-order valence-electron chi connectivity index (χ1n) is 7.45. The minimum absolute atomic E-state index is 0.382. The highest BCUT2D eigenvalue weighted by atomic mass is 35.5. The van der Waals surface area contributed by atoms with E-state index in [0.717, 1.165) is 16.7 Å². The summed E-state index contributed by atoms with van der Waals surface area (Å²) in [5, 5.41) is 1.14. The van der Waals surface area contributed by atoms with E-state index in [2.05, 4.69) is 0 Å². The maximum Gasteiger partial charge on any atom is 0.196 e. The average Bonchev–Trinajstić information content (AvgIpc) is 2.61. The highest BCUT2D eigenvalue weighted by Crippen LogP contribution is 2.36. The summed E-state index contributed by atoms with van der Waals surface area (Å²) in [7, 11) is 0. The molecule has 0 heterocycles. The van der Waals surface area contributed by atoms with Crippen LogP contribution in [0.25, 0.3) is 22.3 Å². The molecule has 3 aromatic carbocycles. The van der Waals surface area contributed by atoms with E-state index in [-0.39, 0.29) is 5.78 Å². The van der Waals surface area contributed by atoms with Crippen molar-refractivity contribution >= 4 is 52.2 Å². The Morgan fingerprint density at radius 1 is 0.720 bits per heavy atom. The van der Waals surface area contributed by atoms with Gasteiger partial charge in [-0.3, -0.25) is 4.79 Å². The van der Waals surface area contributed by atoms with Gasteiger partial charge < -0.3 is 0 Å². The molecule has 126 valence electrons. The zero-order valence-electron chi connectivity index (χ0n) is 12.8. The molecule has 0 aromatic heterocycles. The molecule has 3 rings (SSSR count). The summed E-state index contributed by atoms with van der Waals surface area (Å²) in [5.41, 5.74) is 3.45. The van der Waals surface area contributed by atoms with Crippen LogP contribution < -0.4 is 0 Å². The van der Waals surface area contributed by atoms with Gasteiger partial charge in [-0.1, -0.05) is 94.9 Å². The third-order valence-electron chi connectivity index (χ3n) is 3.83. The van der Waals surface area contributed by atoms with Crippen molar-refractivity contribution in [3.63, 3.8) is 0 Å². The van der Waals surface area contributed by atoms with Crippen LogP contribution in [-0.2, 0) is 0 Å². The zero-order chi connectivity index (χ0) is 18.0. The van der Waals surface area contributed by atoms with Gasteiger partial charge in [-0.2, -0.15) is 0 Å². The number of rotatable bonds is 4. The second-order valence-corrected chi connectivity index (χ2v) is 7.30. The van der Waals surface area contributed by atoms with Crippen LogP contribution in [-0.4, -0.2) is 10.6 Å². The predicted octanol–water partition coefficient (Wildman–Crippen LogP) is 7.31. The lowest BCUT2D eigenvalue weighted by Gasteiger charge is -2.14. The first-order valence-corrected chi connectivity index (χ1v) is 9.08. The lowest BCUT2D eigenvalue weighted by atomic mass is 9.93. The molecule has 25 heavy (non-hydrogen) atoms. The van der Waals surface area contributed by atoms with Gasteiger partial charge >= 0.3 is 0 Å². The number of Topliss-reactive ketones (excluding diaryl/α,β-unsaturated/α-hetero) is 1.